The highest BCUT2D eigenvalue weighted by Crippen LogP contribution is 2.34. The van der Waals surface area contributed by atoms with Crippen LogP contribution < -0.4 is 10.6 Å². The van der Waals surface area contributed by atoms with Crippen LogP contribution in [0.1, 0.15) is 15.9 Å². The number of anilines is 2. The molecule has 2 N–H and O–H groups in total. The molecule has 0 unspecified atom stereocenters. The van der Waals surface area contributed by atoms with Crippen molar-refractivity contribution in [2.24, 2.45) is 7.05 Å². The van der Waals surface area contributed by atoms with Crippen LogP contribution in [-0.2, 0) is 18.4 Å². The number of aryl methyl sites for hydroxylation is 1. The maximum absolute atomic E-state index is 12.9. The lowest BCUT2D eigenvalue weighted by molar-refractivity contribution is -0.138. The third kappa shape index (κ3) is 4.29. The summed E-state index contributed by atoms with van der Waals surface area (Å²) in [6.07, 6.45) is -2.84. The Bertz CT molecular complexity index is 1190. The van der Waals surface area contributed by atoms with Crippen LogP contribution in [0.5, 0.6) is 0 Å². The van der Waals surface area contributed by atoms with E-state index >= 15 is 0 Å². The van der Waals surface area contributed by atoms with Crippen LogP contribution in [-0.4, -0.2) is 45.8 Å². The molecule has 0 aliphatic carbocycles. The van der Waals surface area contributed by atoms with Crippen molar-refractivity contribution in [3.05, 3.63) is 52.7 Å². The average molecular weight is 452 g/mol. The van der Waals surface area contributed by atoms with Crippen LogP contribution in [0, 0.1) is 0 Å². The summed E-state index contributed by atoms with van der Waals surface area (Å²) in [6.45, 7) is -1.77. The lowest BCUT2D eigenvalue weighted by Gasteiger charge is -2.16. The molecule has 1 aromatic heterocycles. The zero-order valence-corrected chi connectivity index (χ0v) is 17.0. The Morgan fingerprint density at radius 1 is 1.29 bits per heavy atom. The van der Waals surface area contributed by atoms with Crippen LogP contribution in [0.15, 0.2) is 36.5 Å². The molecule has 0 bridgehead atoms. The van der Waals surface area contributed by atoms with Gasteiger partial charge in [-0.15, -0.1) is 0 Å². The van der Waals surface area contributed by atoms with Crippen molar-refractivity contribution in [1.29, 1.82) is 0 Å². The molecule has 4 rings (SSSR count). The van der Waals surface area contributed by atoms with E-state index in [1.54, 1.807) is 47.5 Å². The number of carbonyl (C=O) groups is 2. The summed E-state index contributed by atoms with van der Waals surface area (Å²) < 4.78 is 38.5. The fraction of sp³-hybridized carbons (Fsp3) is 0.250. The third-order valence-corrected chi connectivity index (χ3v) is 5.19. The molecule has 2 aromatic carbocycles. The lowest BCUT2D eigenvalue weighted by Crippen LogP contribution is -2.41. The smallest absolute Gasteiger partial charge is 0.355 e. The first-order valence-electron chi connectivity index (χ1n) is 9.25. The SMILES string of the molecule is Cn1ncc2cc(Nc3cccc4c3C(=O)N(CC(=O)NCC(F)(F)F)C4)cc(Cl)c21. The van der Waals surface area contributed by atoms with Gasteiger partial charge in [0.15, 0.2) is 0 Å². The molecule has 11 heteroatoms. The minimum atomic E-state index is -4.51. The first-order valence-corrected chi connectivity index (χ1v) is 9.63. The number of nitrogens with one attached hydrogen (secondary N) is 2. The molecule has 0 spiro atoms. The van der Waals surface area contributed by atoms with Crippen molar-refractivity contribution in [3.8, 4) is 0 Å². The molecular weight excluding hydrogens is 435 g/mol. The second-order valence-corrected chi connectivity index (χ2v) is 7.59. The number of amides is 2. The number of hydrogen-bond acceptors (Lipinski definition) is 4. The largest absolute Gasteiger partial charge is 0.405 e. The van der Waals surface area contributed by atoms with Gasteiger partial charge >= 0.3 is 6.18 Å². The van der Waals surface area contributed by atoms with E-state index in [4.69, 9.17) is 11.6 Å². The Balaban J connectivity index is 1.54. The predicted octanol–water partition coefficient (Wildman–Crippen LogP) is 3.60. The Kier molecular flexibility index (Phi) is 5.26. The van der Waals surface area contributed by atoms with E-state index in [1.807, 2.05) is 6.07 Å². The van der Waals surface area contributed by atoms with Crippen molar-refractivity contribution in [1.82, 2.24) is 20.0 Å². The molecule has 0 saturated carbocycles. The molecule has 3 aromatic rings. The normalized spacial score (nSPS) is 13.6. The Hall–Kier alpha value is -3.27. The van der Waals surface area contributed by atoms with E-state index in [1.165, 1.54) is 4.90 Å². The number of halogens is 4. The van der Waals surface area contributed by atoms with E-state index in [-0.39, 0.29) is 6.54 Å². The molecule has 31 heavy (non-hydrogen) atoms. The van der Waals surface area contributed by atoms with Crippen molar-refractivity contribution < 1.29 is 22.8 Å². The van der Waals surface area contributed by atoms with Crippen molar-refractivity contribution in [3.63, 3.8) is 0 Å². The number of hydrogen-bond donors (Lipinski definition) is 2. The van der Waals surface area contributed by atoms with Crippen molar-refractivity contribution >= 4 is 45.7 Å². The quantitative estimate of drug-likeness (QED) is 0.621. The number of rotatable bonds is 5. The molecule has 0 saturated heterocycles. The highest BCUT2D eigenvalue weighted by atomic mass is 35.5. The number of benzene rings is 2. The first-order chi connectivity index (χ1) is 14.6. The first kappa shape index (κ1) is 21.0. The minimum Gasteiger partial charge on any atom is -0.355 e. The van der Waals surface area contributed by atoms with Gasteiger partial charge in [0, 0.05) is 24.7 Å². The van der Waals surface area contributed by atoms with E-state index in [0.717, 1.165) is 10.9 Å². The predicted molar refractivity (Wildman–Crippen MR) is 109 cm³/mol. The molecule has 1 aliphatic heterocycles. The van der Waals surface area contributed by atoms with Crippen LogP contribution in [0.2, 0.25) is 5.02 Å². The van der Waals surface area contributed by atoms with Gasteiger partial charge < -0.3 is 15.5 Å². The van der Waals surface area contributed by atoms with E-state index in [0.29, 0.717) is 27.5 Å². The topological polar surface area (TPSA) is 79.3 Å². The zero-order chi connectivity index (χ0) is 22.3. The number of alkyl halides is 3. The molecule has 162 valence electrons. The van der Waals surface area contributed by atoms with E-state index in [2.05, 4.69) is 10.4 Å². The van der Waals surface area contributed by atoms with Gasteiger partial charge in [0.1, 0.15) is 13.1 Å². The molecular formula is C20H17ClF3N5O2. The number of aromatic nitrogens is 2. The third-order valence-electron chi connectivity index (χ3n) is 4.90. The van der Waals surface area contributed by atoms with E-state index < -0.39 is 31.1 Å². The molecule has 1 aliphatic rings. The zero-order valence-electron chi connectivity index (χ0n) is 16.3. The van der Waals surface area contributed by atoms with Crippen molar-refractivity contribution in [2.75, 3.05) is 18.4 Å². The van der Waals surface area contributed by atoms with Gasteiger partial charge in [-0.25, -0.2) is 0 Å². The summed E-state index contributed by atoms with van der Waals surface area (Å²) in [5.74, 6) is -1.31. The minimum absolute atomic E-state index is 0.130. The molecule has 2 heterocycles. The summed E-state index contributed by atoms with van der Waals surface area (Å²) in [7, 11) is 1.78. The molecule has 0 atom stereocenters. The molecule has 7 nitrogen and oxygen atoms in total. The molecule has 0 fully saturated rings. The second-order valence-electron chi connectivity index (χ2n) is 7.18. The standard InChI is InChI=1S/C20H17ClF3N5O2/c1-28-18-12(7-26-28)5-13(6-14(18)21)27-15-4-2-3-11-8-29(19(31)17(11)15)9-16(30)25-10-20(22,23)24/h2-7,27H,8-10H2,1H3,(H,25,30). The van der Waals surface area contributed by atoms with Crippen LogP contribution >= 0.6 is 11.6 Å². The molecule has 2 amide bonds. The number of fused-ring (bicyclic) bond motifs is 2. The Morgan fingerprint density at radius 2 is 2.06 bits per heavy atom. The number of nitrogens with zero attached hydrogens (tertiary/aromatic N) is 3. The van der Waals surface area contributed by atoms with Gasteiger partial charge in [0.25, 0.3) is 5.91 Å². The Labute approximate surface area is 179 Å². The maximum Gasteiger partial charge on any atom is 0.405 e. The summed E-state index contributed by atoms with van der Waals surface area (Å²) in [4.78, 5) is 25.9. The van der Waals surface area contributed by atoms with Crippen LogP contribution in [0.25, 0.3) is 10.9 Å². The Morgan fingerprint density at radius 3 is 2.81 bits per heavy atom. The lowest BCUT2D eigenvalue weighted by atomic mass is 10.1. The van der Waals surface area contributed by atoms with Gasteiger partial charge in [-0.2, -0.15) is 18.3 Å². The summed E-state index contributed by atoms with van der Waals surface area (Å²) in [5.41, 5.74) is 2.98. The van der Waals surface area contributed by atoms with Crippen LogP contribution in [0.3, 0.4) is 0 Å². The fourth-order valence-corrected chi connectivity index (χ4v) is 3.92. The van der Waals surface area contributed by atoms with Crippen molar-refractivity contribution in [2.45, 2.75) is 12.7 Å². The van der Waals surface area contributed by atoms with Crippen LogP contribution in [0.4, 0.5) is 24.5 Å². The van der Waals surface area contributed by atoms with E-state index in [9.17, 15) is 22.8 Å². The summed E-state index contributed by atoms with van der Waals surface area (Å²) in [6, 6.07) is 8.77. The van der Waals surface area contributed by atoms with Gasteiger partial charge in [-0.1, -0.05) is 23.7 Å². The highest BCUT2D eigenvalue weighted by Gasteiger charge is 2.33. The fourth-order valence-electron chi connectivity index (χ4n) is 3.57. The maximum atomic E-state index is 12.9. The average Bonchev–Trinajstić information content (AvgIpc) is 3.21. The monoisotopic (exact) mass is 451 g/mol. The van der Waals surface area contributed by atoms with Gasteiger partial charge in [0.05, 0.1) is 28.0 Å². The number of carbonyl (C=O) groups excluding carboxylic acids is 2. The summed E-state index contributed by atoms with van der Waals surface area (Å²) in [5, 5.41) is 10.4. The van der Waals surface area contributed by atoms with Gasteiger partial charge in [0.2, 0.25) is 5.91 Å². The second kappa shape index (κ2) is 7.77. The summed E-state index contributed by atoms with van der Waals surface area (Å²) >= 11 is 6.36. The van der Waals surface area contributed by atoms with Gasteiger partial charge in [-0.3, -0.25) is 14.3 Å². The van der Waals surface area contributed by atoms with Gasteiger partial charge in [-0.05, 0) is 23.8 Å². The molecule has 0 radical (unpaired) electrons. The highest BCUT2D eigenvalue weighted by molar-refractivity contribution is 6.35.